The van der Waals surface area contributed by atoms with E-state index in [-0.39, 0.29) is 24.8 Å². The van der Waals surface area contributed by atoms with Crippen molar-refractivity contribution in [2.75, 3.05) is 27.3 Å². The number of benzene rings is 1. The van der Waals surface area contributed by atoms with Gasteiger partial charge in [-0.25, -0.2) is 9.18 Å². The van der Waals surface area contributed by atoms with Crippen molar-refractivity contribution in [3.63, 3.8) is 0 Å². The maximum Gasteiger partial charge on any atom is 0.336 e. The molecule has 0 bridgehead atoms. The Morgan fingerprint density at radius 1 is 1.12 bits per heavy atom. The zero-order valence-corrected chi connectivity index (χ0v) is 13.6. The lowest BCUT2D eigenvalue weighted by molar-refractivity contribution is -0.152. The fourth-order valence-corrected chi connectivity index (χ4v) is 1.84. The Bertz CT molecular complexity index is 562. The Balaban J connectivity index is 2.22. The van der Waals surface area contributed by atoms with Crippen molar-refractivity contribution in [1.29, 1.82) is 0 Å². The molecule has 0 radical (unpaired) electrons. The Hall–Kier alpha value is -2.48. The lowest BCUT2D eigenvalue weighted by Crippen LogP contribution is -2.38. The molecule has 24 heavy (non-hydrogen) atoms. The number of rotatable bonds is 9. The van der Waals surface area contributed by atoms with Crippen LogP contribution in [0.4, 0.5) is 4.39 Å². The fraction of sp³-hybridized carbons (Fsp3) is 0.438. The molecule has 132 valence electrons. The summed E-state index contributed by atoms with van der Waals surface area (Å²) in [4.78, 5) is 34.7. The van der Waals surface area contributed by atoms with Crippen LogP contribution in [0.15, 0.2) is 24.3 Å². The van der Waals surface area contributed by atoms with E-state index in [2.05, 4.69) is 15.4 Å². The maximum absolute atomic E-state index is 12.8. The quantitative estimate of drug-likeness (QED) is 0.508. The van der Waals surface area contributed by atoms with Gasteiger partial charge in [-0.2, -0.15) is 0 Å². The van der Waals surface area contributed by atoms with Crippen molar-refractivity contribution in [2.45, 2.75) is 18.9 Å². The summed E-state index contributed by atoms with van der Waals surface area (Å²) in [5.41, 5.74) is 0.349. The summed E-state index contributed by atoms with van der Waals surface area (Å²) in [5.74, 6) is -1.58. The minimum atomic E-state index is -0.850. The summed E-state index contributed by atoms with van der Waals surface area (Å²) in [5, 5.41) is 5.19. The number of halogens is 1. The third kappa shape index (κ3) is 6.74. The summed E-state index contributed by atoms with van der Waals surface area (Å²) < 4.78 is 22.2. The standard InChI is InChI=1S/C16H21FN2O5/c1-23-13(16(22)24-2)10-19-14(20)4-3-9-18-15(21)11-5-7-12(17)8-6-11/h5-8,13H,3-4,9-10H2,1-2H3,(H,18,21)(H,19,20)/t13-/m1/s1. The first kappa shape index (κ1) is 19.6. The highest BCUT2D eigenvalue weighted by Crippen LogP contribution is 2.02. The number of hydrogen-bond donors (Lipinski definition) is 2. The van der Waals surface area contributed by atoms with Crippen molar-refractivity contribution in [2.24, 2.45) is 0 Å². The van der Waals surface area contributed by atoms with E-state index in [4.69, 9.17) is 4.74 Å². The van der Waals surface area contributed by atoms with Gasteiger partial charge in [0.2, 0.25) is 5.91 Å². The van der Waals surface area contributed by atoms with Gasteiger partial charge in [0.15, 0.2) is 6.10 Å². The lowest BCUT2D eigenvalue weighted by Gasteiger charge is -2.13. The van der Waals surface area contributed by atoms with E-state index in [1.165, 1.54) is 38.5 Å². The molecule has 2 N–H and O–H groups in total. The molecule has 1 aromatic carbocycles. The monoisotopic (exact) mass is 340 g/mol. The van der Waals surface area contributed by atoms with Crippen LogP contribution >= 0.6 is 0 Å². The molecule has 0 fully saturated rings. The molecule has 1 atom stereocenters. The number of ether oxygens (including phenoxy) is 2. The molecule has 0 heterocycles. The minimum absolute atomic E-state index is 0.0178. The van der Waals surface area contributed by atoms with E-state index >= 15 is 0 Å². The van der Waals surface area contributed by atoms with Crippen LogP contribution < -0.4 is 10.6 Å². The molecule has 0 aliphatic carbocycles. The molecule has 1 rings (SSSR count). The summed E-state index contributed by atoms with van der Waals surface area (Å²) in [6.45, 7) is 0.318. The van der Waals surface area contributed by atoms with E-state index < -0.39 is 17.9 Å². The van der Waals surface area contributed by atoms with Gasteiger partial charge >= 0.3 is 5.97 Å². The topological polar surface area (TPSA) is 93.7 Å². The highest BCUT2D eigenvalue weighted by atomic mass is 19.1. The normalized spacial score (nSPS) is 11.5. The van der Waals surface area contributed by atoms with Crippen molar-refractivity contribution >= 4 is 17.8 Å². The van der Waals surface area contributed by atoms with Crippen LogP contribution in [-0.4, -0.2) is 51.2 Å². The molecule has 0 spiro atoms. The summed E-state index contributed by atoms with van der Waals surface area (Å²) in [6, 6.07) is 5.18. The van der Waals surface area contributed by atoms with Crippen LogP contribution in [-0.2, 0) is 19.1 Å². The number of hydrogen-bond acceptors (Lipinski definition) is 5. The van der Waals surface area contributed by atoms with Gasteiger partial charge in [0.05, 0.1) is 13.7 Å². The minimum Gasteiger partial charge on any atom is -0.467 e. The summed E-state index contributed by atoms with van der Waals surface area (Å²) in [6.07, 6.45) is -0.243. The second kappa shape index (κ2) is 10.3. The molecule has 8 heteroatoms. The third-order valence-corrected chi connectivity index (χ3v) is 3.21. The molecule has 0 unspecified atom stereocenters. The Morgan fingerprint density at radius 2 is 1.79 bits per heavy atom. The van der Waals surface area contributed by atoms with Gasteiger partial charge < -0.3 is 20.1 Å². The molecule has 2 amide bonds. The SMILES string of the molecule is COC(=O)[C@@H](CNC(=O)CCCNC(=O)c1ccc(F)cc1)OC. The predicted octanol–water partition coefficient (Wildman–Crippen LogP) is 0.640. The number of carbonyl (C=O) groups is 3. The van der Waals surface area contributed by atoms with Crippen LogP contribution in [0.1, 0.15) is 23.2 Å². The fourth-order valence-electron chi connectivity index (χ4n) is 1.84. The van der Waals surface area contributed by atoms with Crippen LogP contribution in [0, 0.1) is 5.82 Å². The number of nitrogens with one attached hydrogen (secondary N) is 2. The van der Waals surface area contributed by atoms with Crippen LogP contribution in [0.2, 0.25) is 0 Å². The van der Waals surface area contributed by atoms with Gasteiger partial charge in [-0.3, -0.25) is 9.59 Å². The molecule has 0 saturated heterocycles. The van der Waals surface area contributed by atoms with Gasteiger partial charge in [0.25, 0.3) is 5.91 Å². The number of amides is 2. The van der Waals surface area contributed by atoms with Crippen molar-refractivity contribution < 1.29 is 28.2 Å². The van der Waals surface area contributed by atoms with E-state index in [1.807, 2.05) is 0 Å². The lowest BCUT2D eigenvalue weighted by atomic mass is 10.2. The largest absolute Gasteiger partial charge is 0.467 e. The summed E-state index contributed by atoms with van der Waals surface area (Å²) in [7, 11) is 2.58. The molecule has 0 aliphatic heterocycles. The number of methoxy groups -OCH3 is 2. The molecule has 7 nitrogen and oxygen atoms in total. The first-order valence-corrected chi connectivity index (χ1v) is 7.39. The second-order valence-corrected chi connectivity index (χ2v) is 4.92. The van der Waals surface area contributed by atoms with Gasteiger partial charge in [0, 0.05) is 25.6 Å². The Morgan fingerprint density at radius 3 is 2.38 bits per heavy atom. The molecular weight excluding hydrogens is 319 g/mol. The van der Waals surface area contributed by atoms with Gasteiger partial charge in [-0.05, 0) is 30.7 Å². The van der Waals surface area contributed by atoms with Crippen LogP contribution in [0.5, 0.6) is 0 Å². The average Bonchev–Trinajstić information content (AvgIpc) is 2.59. The maximum atomic E-state index is 12.8. The van der Waals surface area contributed by atoms with E-state index in [0.29, 0.717) is 18.5 Å². The Kier molecular flexibility index (Phi) is 8.42. The van der Waals surface area contributed by atoms with E-state index in [9.17, 15) is 18.8 Å². The zero-order valence-electron chi connectivity index (χ0n) is 13.6. The van der Waals surface area contributed by atoms with Crippen molar-refractivity contribution in [1.82, 2.24) is 10.6 Å². The highest BCUT2D eigenvalue weighted by molar-refractivity contribution is 5.94. The molecule has 1 aromatic rings. The smallest absolute Gasteiger partial charge is 0.336 e. The predicted molar refractivity (Wildman–Crippen MR) is 83.8 cm³/mol. The third-order valence-electron chi connectivity index (χ3n) is 3.21. The van der Waals surface area contributed by atoms with Gasteiger partial charge in [0.1, 0.15) is 5.82 Å². The Labute approximate surface area is 139 Å². The summed E-state index contributed by atoms with van der Waals surface area (Å²) >= 11 is 0. The van der Waals surface area contributed by atoms with Crippen molar-refractivity contribution in [3.05, 3.63) is 35.6 Å². The highest BCUT2D eigenvalue weighted by Gasteiger charge is 2.18. The molecule has 0 aliphatic rings. The first-order valence-electron chi connectivity index (χ1n) is 7.39. The van der Waals surface area contributed by atoms with Gasteiger partial charge in [-0.1, -0.05) is 0 Å². The zero-order chi connectivity index (χ0) is 17.9. The van der Waals surface area contributed by atoms with Gasteiger partial charge in [-0.15, -0.1) is 0 Å². The van der Waals surface area contributed by atoms with E-state index in [1.54, 1.807) is 0 Å². The van der Waals surface area contributed by atoms with Crippen LogP contribution in [0.25, 0.3) is 0 Å². The number of esters is 1. The van der Waals surface area contributed by atoms with E-state index in [0.717, 1.165) is 0 Å². The molecule has 0 aromatic heterocycles. The average molecular weight is 340 g/mol. The molecule has 0 saturated carbocycles. The second-order valence-electron chi connectivity index (χ2n) is 4.92. The molecular formula is C16H21FN2O5. The van der Waals surface area contributed by atoms with Crippen molar-refractivity contribution in [3.8, 4) is 0 Å². The first-order chi connectivity index (χ1) is 11.5. The number of carbonyl (C=O) groups excluding carboxylic acids is 3. The van der Waals surface area contributed by atoms with Crippen LogP contribution in [0.3, 0.4) is 0 Å².